The second kappa shape index (κ2) is 14.0. The molecule has 28 heavy (non-hydrogen) atoms. The third-order valence-electron chi connectivity index (χ3n) is 4.10. The minimum Gasteiger partial charge on any atom is -0.396 e. The van der Waals surface area contributed by atoms with Crippen molar-refractivity contribution in [3.63, 3.8) is 0 Å². The first-order valence-electron chi connectivity index (χ1n) is 9.59. The van der Waals surface area contributed by atoms with Crippen molar-refractivity contribution < 1.29 is 33.8 Å². The standard InChI is InChI=1S/C18H31N3O7/c1-14-13-17(25)21(18(14)26)7-2-3-15(23)19-5-9-27-11-12-28-10-6-20-16(24)4-8-22/h14,22H,2-13H2,1H3,(H,19,23)(H,20,24). The molecular formula is C18H31N3O7. The normalized spacial score (nSPS) is 16.5. The van der Waals surface area contributed by atoms with Gasteiger partial charge in [0.15, 0.2) is 0 Å². The van der Waals surface area contributed by atoms with Gasteiger partial charge in [-0.2, -0.15) is 0 Å². The summed E-state index contributed by atoms with van der Waals surface area (Å²) in [7, 11) is 0. The smallest absolute Gasteiger partial charge is 0.232 e. The van der Waals surface area contributed by atoms with Crippen LogP contribution in [0.25, 0.3) is 0 Å². The molecule has 0 spiro atoms. The average Bonchev–Trinajstić information content (AvgIpc) is 2.89. The monoisotopic (exact) mass is 401 g/mol. The topological polar surface area (TPSA) is 134 Å². The Bertz CT molecular complexity index is 527. The van der Waals surface area contributed by atoms with E-state index in [0.717, 1.165) is 0 Å². The zero-order valence-electron chi connectivity index (χ0n) is 16.4. The summed E-state index contributed by atoms with van der Waals surface area (Å²) in [6.45, 7) is 4.04. The second-order valence-corrected chi connectivity index (χ2v) is 6.49. The van der Waals surface area contributed by atoms with Crippen molar-refractivity contribution in [3.05, 3.63) is 0 Å². The molecule has 0 aromatic heterocycles. The fraction of sp³-hybridized carbons (Fsp3) is 0.778. The molecule has 0 aromatic rings. The average molecular weight is 401 g/mol. The predicted molar refractivity (Wildman–Crippen MR) is 99.1 cm³/mol. The summed E-state index contributed by atoms with van der Waals surface area (Å²) in [4.78, 5) is 47.4. The lowest BCUT2D eigenvalue weighted by atomic mass is 10.1. The maximum Gasteiger partial charge on any atom is 0.232 e. The molecule has 3 N–H and O–H groups in total. The molecule has 1 rings (SSSR count). The van der Waals surface area contributed by atoms with Crippen LogP contribution in [0.2, 0.25) is 0 Å². The van der Waals surface area contributed by atoms with Gasteiger partial charge in [0, 0.05) is 44.8 Å². The second-order valence-electron chi connectivity index (χ2n) is 6.49. The lowest BCUT2D eigenvalue weighted by Gasteiger charge is -2.14. The molecule has 1 unspecified atom stereocenters. The Morgan fingerprint density at radius 3 is 2.11 bits per heavy atom. The number of hydrogen-bond donors (Lipinski definition) is 3. The van der Waals surface area contributed by atoms with E-state index in [1.165, 1.54) is 4.90 Å². The summed E-state index contributed by atoms with van der Waals surface area (Å²) in [5.74, 6) is -0.945. The summed E-state index contributed by atoms with van der Waals surface area (Å²) in [6.07, 6.45) is 1.03. The predicted octanol–water partition coefficient (Wildman–Crippen LogP) is -1.19. The number of hydrogen-bond acceptors (Lipinski definition) is 7. The number of carbonyl (C=O) groups is 4. The maximum absolute atomic E-state index is 11.8. The number of nitrogens with zero attached hydrogens (tertiary/aromatic N) is 1. The molecule has 0 bridgehead atoms. The molecule has 1 atom stereocenters. The highest BCUT2D eigenvalue weighted by Gasteiger charge is 2.34. The van der Waals surface area contributed by atoms with Crippen molar-refractivity contribution in [2.75, 3.05) is 52.7 Å². The Balaban J connectivity index is 1.90. The number of imide groups is 1. The molecular weight excluding hydrogens is 370 g/mol. The molecule has 1 fully saturated rings. The fourth-order valence-corrected chi connectivity index (χ4v) is 2.61. The Morgan fingerprint density at radius 2 is 1.61 bits per heavy atom. The van der Waals surface area contributed by atoms with Crippen LogP contribution >= 0.6 is 0 Å². The van der Waals surface area contributed by atoms with Gasteiger partial charge in [-0.3, -0.25) is 24.1 Å². The van der Waals surface area contributed by atoms with E-state index in [1.807, 2.05) is 0 Å². The van der Waals surface area contributed by atoms with Crippen LogP contribution in [0.5, 0.6) is 0 Å². The van der Waals surface area contributed by atoms with Crippen molar-refractivity contribution in [2.24, 2.45) is 5.92 Å². The third-order valence-corrected chi connectivity index (χ3v) is 4.10. The Kier molecular flexibility index (Phi) is 12.0. The minimum atomic E-state index is -0.257. The van der Waals surface area contributed by atoms with E-state index < -0.39 is 0 Å². The van der Waals surface area contributed by atoms with Gasteiger partial charge < -0.3 is 25.2 Å². The van der Waals surface area contributed by atoms with Crippen LogP contribution in [0.1, 0.15) is 32.6 Å². The van der Waals surface area contributed by atoms with Gasteiger partial charge in [-0.25, -0.2) is 0 Å². The van der Waals surface area contributed by atoms with Crippen LogP contribution in [0.3, 0.4) is 0 Å². The van der Waals surface area contributed by atoms with E-state index in [2.05, 4.69) is 10.6 Å². The molecule has 160 valence electrons. The summed E-state index contributed by atoms with van der Waals surface area (Å²) in [5, 5.41) is 13.9. The van der Waals surface area contributed by atoms with Gasteiger partial charge in [0.1, 0.15) is 0 Å². The summed E-state index contributed by atoms with van der Waals surface area (Å²) < 4.78 is 10.6. The van der Waals surface area contributed by atoms with E-state index in [1.54, 1.807) is 6.92 Å². The highest BCUT2D eigenvalue weighted by Crippen LogP contribution is 2.18. The molecule has 0 radical (unpaired) electrons. The highest BCUT2D eigenvalue weighted by atomic mass is 16.5. The van der Waals surface area contributed by atoms with Crippen molar-refractivity contribution >= 4 is 23.6 Å². The van der Waals surface area contributed by atoms with Gasteiger partial charge in [-0.05, 0) is 6.42 Å². The Hall–Kier alpha value is -2.04. The molecule has 1 heterocycles. The van der Waals surface area contributed by atoms with Crippen LogP contribution in [0.15, 0.2) is 0 Å². The zero-order chi connectivity index (χ0) is 20.8. The van der Waals surface area contributed by atoms with Gasteiger partial charge in [-0.15, -0.1) is 0 Å². The maximum atomic E-state index is 11.8. The van der Waals surface area contributed by atoms with E-state index in [-0.39, 0.29) is 62.0 Å². The molecule has 1 aliphatic rings. The van der Waals surface area contributed by atoms with Gasteiger partial charge in [-0.1, -0.05) is 6.92 Å². The van der Waals surface area contributed by atoms with Crippen molar-refractivity contribution in [1.29, 1.82) is 0 Å². The van der Waals surface area contributed by atoms with Crippen LogP contribution in [-0.2, 0) is 28.7 Å². The van der Waals surface area contributed by atoms with Gasteiger partial charge in [0.25, 0.3) is 0 Å². The number of amides is 4. The Labute approximate surface area is 164 Å². The first kappa shape index (κ1) is 24.0. The van der Waals surface area contributed by atoms with Gasteiger partial charge >= 0.3 is 0 Å². The fourth-order valence-electron chi connectivity index (χ4n) is 2.61. The molecule has 4 amide bonds. The molecule has 0 saturated carbocycles. The zero-order valence-corrected chi connectivity index (χ0v) is 16.4. The van der Waals surface area contributed by atoms with E-state index in [0.29, 0.717) is 45.9 Å². The Morgan fingerprint density at radius 1 is 1.04 bits per heavy atom. The van der Waals surface area contributed by atoms with Gasteiger partial charge in [0.2, 0.25) is 23.6 Å². The first-order chi connectivity index (χ1) is 13.5. The molecule has 1 saturated heterocycles. The quantitative estimate of drug-likeness (QED) is 0.232. The first-order valence-corrected chi connectivity index (χ1v) is 9.59. The van der Waals surface area contributed by atoms with E-state index in [9.17, 15) is 19.2 Å². The minimum absolute atomic E-state index is 0.0859. The number of rotatable bonds is 15. The lowest BCUT2D eigenvalue weighted by molar-refractivity contribution is -0.139. The van der Waals surface area contributed by atoms with Crippen molar-refractivity contribution in [1.82, 2.24) is 15.5 Å². The summed E-state index contributed by atoms with van der Waals surface area (Å²) in [6, 6.07) is 0. The summed E-state index contributed by atoms with van der Waals surface area (Å²) in [5.41, 5.74) is 0. The largest absolute Gasteiger partial charge is 0.396 e. The SMILES string of the molecule is CC1CC(=O)N(CCCC(=O)NCCOCCOCCNC(=O)CCO)C1=O. The number of ether oxygens (including phenoxy) is 2. The van der Waals surface area contributed by atoms with Gasteiger partial charge in [0.05, 0.1) is 33.0 Å². The molecule has 10 heteroatoms. The highest BCUT2D eigenvalue weighted by molar-refractivity contribution is 6.03. The van der Waals surface area contributed by atoms with E-state index in [4.69, 9.17) is 14.6 Å². The van der Waals surface area contributed by atoms with Crippen LogP contribution in [0, 0.1) is 5.92 Å². The third kappa shape index (κ3) is 9.77. The van der Waals surface area contributed by atoms with Crippen molar-refractivity contribution in [3.8, 4) is 0 Å². The molecule has 0 aliphatic carbocycles. The number of likely N-dealkylation sites (tertiary alicyclic amines) is 1. The van der Waals surface area contributed by atoms with Crippen LogP contribution < -0.4 is 10.6 Å². The molecule has 10 nitrogen and oxygen atoms in total. The van der Waals surface area contributed by atoms with Crippen molar-refractivity contribution in [2.45, 2.75) is 32.6 Å². The van der Waals surface area contributed by atoms with Crippen LogP contribution in [-0.4, -0.2) is 86.3 Å². The molecule has 1 aliphatic heterocycles. The van der Waals surface area contributed by atoms with E-state index >= 15 is 0 Å². The summed E-state index contributed by atoms with van der Waals surface area (Å²) >= 11 is 0. The van der Waals surface area contributed by atoms with Crippen LogP contribution in [0.4, 0.5) is 0 Å². The number of nitrogens with one attached hydrogen (secondary N) is 2. The lowest BCUT2D eigenvalue weighted by Crippen LogP contribution is -2.33. The number of aliphatic hydroxyl groups excluding tert-OH is 1. The molecule has 0 aromatic carbocycles. The number of carbonyl (C=O) groups excluding carboxylic acids is 4. The number of aliphatic hydroxyl groups is 1.